The quantitative estimate of drug-likeness (QED) is 0.858. The molecule has 1 aliphatic rings. The van der Waals surface area contributed by atoms with E-state index in [1.165, 1.54) is 4.90 Å². The molecule has 0 bridgehead atoms. The smallest absolute Gasteiger partial charge is 0.314 e. The zero-order valence-corrected chi connectivity index (χ0v) is 12.9. The zero-order valence-electron chi connectivity index (χ0n) is 12.9. The number of ether oxygens (including phenoxy) is 1. The first kappa shape index (κ1) is 16.3. The number of urea groups is 1. The van der Waals surface area contributed by atoms with Crippen LogP contribution in [0.2, 0.25) is 0 Å². The summed E-state index contributed by atoms with van der Waals surface area (Å²) in [6.07, 6.45) is 1.59. The average Bonchev–Trinajstić information content (AvgIpc) is 2.54. The summed E-state index contributed by atoms with van der Waals surface area (Å²) in [5, 5.41) is 2.95. The Bertz CT molecular complexity index is 533. The standard InChI is InChI=1S/C16H23N3O3/c1-22-11-14-6-3-2-5-12(14)9-18-15(20)13-7-4-8-19(10-13)16(17)21/h2-3,5-6,13H,4,7-11H2,1H3,(H2,17,21)(H,18,20). The predicted molar refractivity (Wildman–Crippen MR) is 82.9 cm³/mol. The molecule has 3 amide bonds. The van der Waals surface area contributed by atoms with Crippen LogP contribution in [0.15, 0.2) is 24.3 Å². The summed E-state index contributed by atoms with van der Waals surface area (Å²) in [7, 11) is 1.65. The molecular formula is C16H23N3O3. The number of nitrogens with zero attached hydrogens (tertiary/aromatic N) is 1. The first-order valence-electron chi connectivity index (χ1n) is 7.49. The number of piperidine rings is 1. The highest BCUT2D eigenvalue weighted by molar-refractivity contribution is 5.80. The Morgan fingerprint density at radius 1 is 1.36 bits per heavy atom. The number of hydrogen-bond donors (Lipinski definition) is 2. The van der Waals surface area contributed by atoms with Gasteiger partial charge in [-0.3, -0.25) is 4.79 Å². The molecule has 2 rings (SSSR count). The molecule has 1 saturated heterocycles. The van der Waals surface area contributed by atoms with Crippen LogP contribution in [-0.4, -0.2) is 37.0 Å². The monoisotopic (exact) mass is 305 g/mol. The van der Waals surface area contributed by atoms with E-state index in [0.717, 1.165) is 24.0 Å². The van der Waals surface area contributed by atoms with Crippen LogP contribution in [-0.2, 0) is 22.7 Å². The van der Waals surface area contributed by atoms with Gasteiger partial charge in [0.25, 0.3) is 0 Å². The average molecular weight is 305 g/mol. The van der Waals surface area contributed by atoms with Gasteiger partial charge in [0.05, 0.1) is 12.5 Å². The molecule has 0 spiro atoms. The van der Waals surface area contributed by atoms with Crippen LogP contribution in [0.4, 0.5) is 4.79 Å². The zero-order chi connectivity index (χ0) is 15.9. The fourth-order valence-electron chi connectivity index (χ4n) is 2.74. The van der Waals surface area contributed by atoms with Crippen LogP contribution in [0.3, 0.4) is 0 Å². The van der Waals surface area contributed by atoms with Crippen molar-refractivity contribution in [1.82, 2.24) is 10.2 Å². The van der Waals surface area contributed by atoms with Crippen LogP contribution in [0.25, 0.3) is 0 Å². The second kappa shape index (κ2) is 7.79. The number of nitrogens with one attached hydrogen (secondary N) is 1. The predicted octanol–water partition coefficient (Wildman–Crippen LogP) is 1.24. The maximum atomic E-state index is 12.3. The molecule has 6 nitrogen and oxygen atoms in total. The second-order valence-corrected chi connectivity index (χ2v) is 5.54. The Hall–Kier alpha value is -2.08. The molecule has 1 atom stereocenters. The van der Waals surface area contributed by atoms with Gasteiger partial charge in [0.1, 0.15) is 0 Å². The van der Waals surface area contributed by atoms with Gasteiger partial charge in [-0.05, 0) is 24.0 Å². The third-order valence-corrected chi connectivity index (χ3v) is 3.98. The van der Waals surface area contributed by atoms with E-state index < -0.39 is 6.03 Å². The molecule has 120 valence electrons. The Kier molecular flexibility index (Phi) is 5.77. The van der Waals surface area contributed by atoms with Gasteiger partial charge >= 0.3 is 6.03 Å². The van der Waals surface area contributed by atoms with E-state index in [-0.39, 0.29) is 11.8 Å². The van der Waals surface area contributed by atoms with Gasteiger partial charge in [-0.25, -0.2) is 4.79 Å². The van der Waals surface area contributed by atoms with E-state index in [1.54, 1.807) is 7.11 Å². The molecule has 22 heavy (non-hydrogen) atoms. The van der Waals surface area contributed by atoms with Crippen molar-refractivity contribution in [2.75, 3.05) is 20.2 Å². The fourth-order valence-corrected chi connectivity index (χ4v) is 2.74. The van der Waals surface area contributed by atoms with Gasteiger partial charge in [0, 0.05) is 26.7 Å². The third-order valence-electron chi connectivity index (χ3n) is 3.98. The highest BCUT2D eigenvalue weighted by Gasteiger charge is 2.27. The number of carbonyl (C=O) groups excluding carboxylic acids is 2. The number of likely N-dealkylation sites (tertiary alicyclic amines) is 1. The van der Waals surface area contributed by atoms with Crippen molar-refractivity contribution < 1.29 is 14.3 Å². The lowest BCUT2D eigenvalue weighted by Gasteiger charge is -2.30. The number of methoxy groups -OCH3 is 1. The lowest BCUT2D eigenvalue weighted by Crippen LogP contribution is -2.47. The maximum Gasteiger partial charge on any atom is 0.314 e. The molecular weight excluding hydrogens is 282 g/mol. The van der Waals surface area contributed by atoms with Crippen molar-refractivity contribution in [3.05, 3.63) is 35.4 Å². The van der Waals surface area contributed by atoms with Gasteiger partial charge in [-0.15, -0.1) is 0 Å². The van der Waals surface area contributed by atoms with E-state index in [0.29, 0.717) is 26.2 Å². The van der Waals surface area contributed by atoms with Gasteiger partial charge in [-0.2, -0.15) is 0 Å². The molecule has 6 heteroatoms. The molecule has 1 unspecified atom stereocenters. The van der Waals surface area contributed by atoms with Crippen molar-refractivity contribution in [2.45, 2.75) is 26.0 Å². The number of nitrogens with two attached hydrogens (primary N) is 1. The number of hydrogen-bond acceptors (Lipinski definition) is 3. The normalized spacial score (nSPS) is 18.0. The Morgan fingerprint density at radius 2 is 2.09 bits per heavy atom. The lowest BCUT2D eigenvalue weighted by molar-refractivity contribution is -0.126. The van der Waals surface area contributed by atoms with E-state index in [9.17, 15) is 9.59 Å². The largest absolute Gasteiger partial charge is 0.380 e. The van der Waals surface area contributed by atoms with Gasteiger partial charge < -0.3 is 20.7 Å². The molecule has 0 saturated carbocycles. The minimum atomic E-state index is -0.456. The number of rotatable bonds is 5. The molecule has 3 N–H and O–H groups in total. The van der Waals surface area contributed by atoms with Crippen molar-refractivity contribution in [2.24, 2.45) is 11.7 Å². The van der Waals surface area contributed by atoms with E-state index in [4.69, 9.17) is 10.5 Å². The van der Waals surface area contributed by atoms with Gasteiger partial charge in [-0.1, -0.05) is 24.3 Å². The highest BCUT2D eigenvalue weighted by atomic mass is 16.5. The SMILES string of the molecule is COCc1ccccc1CNC(=O)C1CCCN(C(N)=O)C1. The minimum absolute atomic E-state index is 0.0295. The Balaban J connectivity index is 1.91. The molecule has 1 aromatic rings. The number of carbonyl (C=O) groups is 2. The number of benzene rings is 1. The van der Waals surface area contributed by atoms with E-state index >= 15 is 0 Å². The topological polar surface area (TPSA) is 84.7 Å². The maximum absolute atomic E-state index is 12.3. The van der Waals surface area contributed by atoms with Crippen molar-refractivity contribution in [3.63, 3.8) is 0 Å². The van der Waals surface area contributed by atoms with Crippen LogP contribution in [0.1, 0.15) is 24.0 Å². The molecule has 0 aliphatic carbocycles. The molecule has 0 aromatic heterocycles. The summed E-state index contributed by atoms with van der Waals surface area (Å²) >= 11 is 0. The fraction of sp³-hybridized carbons (Fsp3) is 0.500. The van der Waals surface area contributed by atoms with Crippen LogP contribution in [0, 0.1) is 5.92 Å². The summed E-state index contributed by atoms with van der Waals surface area (Å²) in [5.41, 5.74) is 7.39. The molecule has 1 aromatic carbocycles. The third kappa shape index (κ3) is 4.21. The van der Waals surface area contributed by atoms with Gasteiger partial charge in [0.15, 0.2) is 0 Å². The summed E-state index contributed by atoms with van der Waals surface area (Å²) < 4.78 is 5.16. The highest BCUT2D eigenvalue weighted by Crippen LogP contribution is 2.17. The number of primary amides is 1. The van der Waals surface area contributed by atoms with Crippen LogP contribution < -0.4 is 11.1 Å². The van der Waals surface area contributed by atoms with E-state index in [2.05, 4.69) is 5.32 Å². The minimum Gasteiger partial charge on any atom is -0.380 e. The summed E-state index contributed by atoms with van der Waals surface area (Å²) in [5.74, 6) is -0.214. The first-order valence-corrected chi connectivity index (χ1v) is 7.49. The summed E-state index contributed by atoms with van der Waals surface area (Å²) in [6, 6.07) is 7.40. The molecule has 1 heterocycles. The summed E-state index contributed by atoms with van der Waals surface area (Å²) in [6.45, 7) is 2.02. The van der Waals surface area contributed by atoms with Gasteiger partial charge in [0.2, 0.25) is 5.91 Å². The van der Waals surface area contributed by atoms with E-state index in [1.807, 2.05) is 24.3 Å². The van der Waals surface area contributed by atoms with Crippen LogP contribution in [0.5, 0.6) is 0 Å². The molecule has 1 aliphatic heterocycles. The van der Waals surface area contributed by atoms with Crippen molar-refractivity contribution in [1.29, 1.82) is 0 Å². The Labute approximate surface area is 130 Å². The molecule has 1 fully saturated rings. The lowest BCUT2D eigenvalue weighted by atomic mass is 9.97. The van der Waals surface area contributed by atoms with Crippen molar-refractivity contribution in [3.8, 4) is 0 Å². The molecule has 0 radical (unpaired) electrons. The second-order valence-electron chi connectivity index (χ2n) is 5.54. The number of amides is 3. The van der Waals surface area contributed by atoms with Crippen LogP contribution >= 0.6 is 0 Å². The summed E-state index contributed by atoms with van der Waals surface area (Å²) in [4.78, 5) is 25.0. The first-order chi connectivity index (χ1) is 10.6. The Morgan fingerprint density at radius 3 is 2.77 bits per heavy atom. The van der Waals surface area contributed by atoms with Crippen molar-refractivity contribution >= 4 is 11.9 Å².